The second-order valence-electron chi connectivity index (χ2n) is 5.08. The third-order valence-electron chi connectivity index (χ3n) is 3.13. The number of esters is 1. The number of hydrogen-bond donors (Lipinski definition) is 1. The van der Waals surface area contributed by atoms with Crippen molar-refractivity contribution in [2.45, 2.75) is 35.6 Å². The second-order valence-corrected chi connectivity index (χ2v) is 7.82. The van der Waals surface area contributed by atoms with Gasteiger partial charge in [0.1, 0.15) is 0 Å². The van der Waals surface area contributed by atoms with E-state index in [0.717, 1.165) is 12.8 Å². The van der Waals surface area contributed by atoms with E-state index in [4.69, 9.17) is 0 Å². The average molecular weight is 329 g/mol. The van der Waals surface area contributed by atoms with Crippen LogP contribution in [0, 0.1) is 5.92 Å². The molecule has 2 rings (SSSR count). The average Bonchev–Trinajstić information content (AvgIpc) is 3.27. The van der Waals surface area contributed by atoms with E-state index in [-0.39, 0.29) is 22.8 Å². The Hall–Kier alpha value is -1.05. The van der Waals surface area contributed by atoms with Gasteiger partial charge in [-0.1, -0.05) is 19.1 Å². The number of benzene rings is 1. The monoisotopic (exact) mass is 329 g/mol. The van der Waals surface area contributed by atoms with Gasteiger partial charge in [-0.25, -0.2) is 13.1 Å². The molecule has 1 atom stereocenters. The molecule has 1 aromatic carbocycles. The topological polar surface area (TPSA) is 72.5 Å². The number of methoxy groups -OCH3 is 1. The summed E-state index contributed by atoms with van der Waals surface area (Å²) in [6.45, 7) is 1.76. The Labute approximate surface area is 129 Å². The number of sulfonamides is 1. The Morgan fingerprint density at radius 2 is 2.10 bits per heavy atom. The summed E-state index contributed by atoms with van der Waals surface area (Å²) < 4.78 is 32.0. The van der Waals surface area contributed by atoms with Crippen molar-refractivity contribution in [1.82, 2.24) is 4.72 Å². The molecule has 5 nitrogen and oxygen atoms in total. The fourth-order valence-electron chi connectivity index (χ4n) is 1.76. The Bertz CT molecular complexity index is 611. The van der Waals surface area contributed by atoms with Gasteiger partial charge in [0.2, 0.25) is 10.0 Å². The third-order valence-corrected chi connectivity index (χ3v) is 6.17. The third kappa shape index (κ3) is 4.46. The van der Waals surface area contributed by atoms with Gasteiger partial charge < -0.3 is 4.74 Å². The van der Waals surface area contributed by atoms with E-state index in [9.17, 15) is 13.2 Å². The van der Waals surface area contributed by atoms with Crippen molar-refractivity contribution < 1.29 is 17.9 Å². The highest BCUT2D eigenvalue weighted by Gasteiger charge is 2.29. The fourth-order valence-corrected chi connectivity index (χ4v) is 4.61. The minimum Gasteiger partial charge on any atom is -0.469 e. The number of rotatable bonds is 7. The molecule has 7 heteroatoms. The van der Waals surface area contributed by atoms with Gasteiger partial charge in [0.05, 0.1) is 17.9 Å². The Kier molecular flexibility index (Phi) is 5.29. The van der Waals surface area contributed by atoms with Gasteiger partial charge in [-0.2, -0.15) is 0 Å². The molecule has 0 aliphatic heterocycles. The number of carbonyl (C=O) groups excluding carboxylic acids is 1. The number of thioether (sulfide) groups is 1. The molecule has 21 heavy (non-hydrogen) atoms. The van der Waals surface area contributed by atoms with E-state index in [2.05, 4.69) is 9.46 Å². The molecule has 1 N–H and O–H groups in total. The van der Waals surface area contributed by atoms with Crippen LogP contribution < -0.4 is 4.72 Å². The fraction of sp³-hybridized carbons (Fsp3) is 0.500. The smallest absolute Gasteiger partial charge is 0.309 e. The van der Waals surface area contributed by atoms with Crippen molar-refractivity contribution in [3.8, 4) is 0 Å². The van der Waals surface area contributed by atoms with E-state index in [1.165, 1.54) is 18.9 Å². The van der Waals surface area contributed by atoms with Gasteiger partial charge in [0.15, 0.2) is 0 Å². The van der Waals surface area contributed by atoms with Crippen LogP contribution in [0.4, 0.5) is 0 Å². The van der Waals surface area contributed by atoms with E-state index in [1.807, 2.05) is 0 Å². The van der Waals surface area contributed by atoms with Gasteiger partial charge in [-0.3, -0.25) is 4.79 Å². The van der Waals surface area contributed by atoms with Crippen LogP contribution in [-0.2, 0) is 19.6 Å². The Morgan fingerprint density at radius 3 is 2.71 bits per heavy atom. The van der Waals surface area contributed by atoms with Crippen LogP contribution in [-0.4, -0.2) is 33.3 Å². The van der Waals surface area contributed by atoms with E-state index in [1.54, 1.807) is 31.2 Å². The summed E-state index contributed by atoms with van der Waals surface area (Å²) in [4.78, 5) is 12.3. The molecule has 1 saturated carbocycles. The lowest BCUT2D eigenvalue weighted by Crippen LogP contribution is -2.26. The number of hydrogen-bond acceptors (Lipinski definition) is 5. The van der Waals surface area contributed by atoms with Crippen LogP contribution in [0.15, 0.2) is 34.1 Å². The van der Waals surface area contributed by atoms with Gasteiger partial charge >= 0.3 is 5.97 Å². The molecule has 0 radical (unpaired) electrons. The first-order chi connectivity index (χ1) is 9.94. The van der Waals surface area contributed by atoms with Crippen molar-refractivity contribution in [2.75, 3.05) is 12.9 Å². The molecule has 0 heterocycles. The van der Waals surface area contributed by atoms with E-state index >= 15 is 0 Å². The zero-order valence-corrected chi connectivity index (χ0v) is 13.7. The maximum atomic E-state index is 12.3. The largest absolute Gasteiger partial charge is 0.469 e. The summed E-state index contributed by atoms with van der Waals surface area (Å²) in [5.41, 5.74) is 0. The summed E-state index contributed by atoms with van der Waals surface area (Å²) in [6.07, 6.45) is 1.79. The van der Waals surface area contributed by atoms with Crippen LogP contribution in [0.25, 0.3) is 0 Å². The van der Waals surface area contributed by atoms with Crippen molar-refractivity contribution in [2.24, 2.45) is 5.92 Å². The highest BCUT2D eigenvalue weighted by atomic mass is 32.2. The predicted molar refractivity (Wildman–Crippen MR) is 81.7 cm³/mol. The number of carbonyl (C=O) groups is 1. The molecule has 0 spiro atoms. The molecule has 1 fully saturated rings. The molecule has 1 aromatic rings. The maximum absolute atomic E-state index is 12.3. The molecular weight excluding hydrogens is 310 g/mol. The lowest BCUT2D eigenvalue weighted by Gasteiger charge is -2.12. The zero-order chi connectivity index (χ0) is 15.5. The van der Waals surface area contributed by atoms with Crippen molar-refractivity contribution >= 4 is 27.8 Å². The number of nitrogens with one attached hydrogen (secondary N) is 1. The first kappa shape index (κ1) is 16.3. The van der Waals surface area contributed by atoms with E-state index < -0.39 is 10.0 Å². The standard InChI is InChI=1S/C14H19NO4S2/c1-10(14(16)19-2)9-20-12-5-3-4-6-13(12)21(17,18)15-11-7-8-11/h3-6,10-11,15H,7-9H2,1-2H3. The summed E-state index contributed by atoms with van der Waals surface area (Å²) in [5.74, 6) is -0.103. The molecule has 1 aliphatic rings. The molecular formula is C14H19NO4S2. The second kappa shape index (κ2) is 6.81. The minimum absolute atomic E-state index is 0.0713. The first-order valence-electron chi connectivity index (χ1n) is 6.76. The normalized spacial score (nSPS) is 16.5. The van der Waals surface area contributed by atoms with Crippen molar-refractivity contribution in [1.29, 1.82) is 0 Å². The summed E-state index contributed by atoms with van der Waals surface area (Å²) in [7, 11) is -2.14. The molecule has 116 valence electrons. The van der Waals surface area contributed by atoms with Gasteiger partial charge in [0, 0.05) is 16.7 Å². The minimum atomic E-state index is -3.49. The zero-order valence-electron chi connectivity index (χ0n) is 12.0. The van der Waals surface area contributed by atoms with Crippen molar-refractivity contribution in [3.05, 3.63) is 24.3 Å². The Morgan fingerprint density at radius 1 is 1.43 bits per heavy atom. The highest BCUT2D eigenvalue weighted by Crippen LogP contribution is 2.30. The van der Waals surface area contributed by atoms with Crippen LogP contribution >= 0.6 is 11.8 Å². The lowest BCUT2D eigenvalue weighted by molar-refractivity contribution is -0.143. The number of ether oxygens (including phenoxy) is 1. The SMILES string of the molecule is COC(=O)C(C)CSc1ccccc1S(=O)(=O)NC1CC1. The molecule has 0 aromatic heterocycles. The summed E-state index contributed by atoms with van der Waals surface area (Å²) in [6, 6.07) is 6.92. The van der Waals surface area contributed by atoms with Crippen LogP contribution in [0.3, 0.4) is 0 Å². The summed E-state index contributed by atoms with van der Waals surface area (Å²) >= 11 is 1.35. The quantitative estimate of drug-likeness (QED) is 0.612. The maximum Gasteiger partial charge on any atom is 0.309 e. The summed E-state index contributed by atoms with van der Waals surface area (Å²) in [5, 5.41) is 0. The molecule has 0 amide bonds. The van der Waals surface area contributed by atoms with Gasteiger partial charge in [0.25, 0.3) is 0 Å². The van der Waals surface area contributed by atoms with Crippen LogP contribution in [0.2, 0.25) is 0 Å². The lowest BCUT2D eigenvalue weighted by atomic mass is 10.2. The predicted octanol–water partition coefficient (Wildman–Crippen LogP) is 2.03. The molecule has 0 saturated heterocycles. The van der Waals surface area contributed by atoms with E-state index in [0.29, 0.717) is 10.6 Å². The van der Waals surface area contributed by atoms with Crippen molar-refractivity contribution in [3.63, 3.8) is 0 Å². The molecule has 0 bridgehead atoms. The highest BCUT2D eigenvalue weighted by molar-refractivity contribution is 8.00. The van der Waals surface area contributed by atoms with Crippen LogP contribution in [0.5, 0.6) is 0 Å². The van der Waals surface area contributed by atoms with Gasteiger partial charge in [-0.15, -0.1) is 11.8 Å². The molecule has 1 unspecified atom stereocenters. The Balaban J connectivity index is 2.11. The van der Waals surface area contributed by atoms with Gasteiger partial charge in [-0.05, 0) is 25.0 Å². The first-order valence-corrected chi connectivity index (χ1v) is 9.23. The molecule has 1 aliphatic carbocycles. The van der Waals surface area contributed by atoms with Crippen LogP contribution in [0.1, 0.15) is 19.8 Å².